The number of carbonyl (C=O) groups excluding carboxylic acids is 1. The molecule has 0 spiro atoms. The molecule has 1 aromatic rings. The maximum atomic E-state index is 12.9. The van der Waals surface area contributed by atoms with Crippen molar-refractivity contribution in [2.75, 3.05) is 58.8 Å². The Morgan fingerprint density at radius 3 is 2.64 bits per heavy atom. The van der Waals surface area contributed by atoms with Crippen molar-refractivity contribution in [2.24, 2.45) is 5.92 Å². The molecule has 138 valence electrons. The van der Waals surface area contributed by atoms with Crippen molar-refractivity contribution in [1.82, 2.24) is 14.8 Å². The van der Waals surface area contributed by atoms with Crippen molar-refractivity contribution in [3.8, 4) is 0 Å². The van der Waals surface area contributed by atoms with Crippen LogP contribution in [0, 0.1) is 12.8 Å². The molecule has 0 saturated carbocycles. The average molecular weight is 346 g/mol. The van der Waals surface area contributed by atoms with E-state index in [9.17, 15) is 4.79 Å². The van der Waals surface area contributed by atoms with Gasteiger partial charge in [-0.05, 0) is 52.0 Å². The first-order chi connectivity index (χ1) is 11.9. The van der Waals surface area contributed by atoms with Crippen molar-refractivity contribution in [3.63, 3.8) is 0 Å². The van der Waals surface area contributed by atoms with Crippen LogP contribution in [-0.4, -0.2) is 74.6 Å². The van der Waals surface area contributed by atoms with Crippen LogP contribution >= 0.6 is 0 Å². The third kappa shape index (κ3) is 4.30. The summed E-state index contributed by atoms with van der Waals surface area (Å²) in [6.07, 6.45) is 1.79. The number of hydrogen-bond donors (Lipinski definition) is 0. The normalized spacial score (nSPS) is 22.9. The minimum atomic E-state index is -0.137. The molecule has 0 radical (unpaired) electrons. The quantitative estimate of drug-likeness (QED) is 0.834. The zero-order valence-corrected chi connectivity index (χ0v) is 15.9. The summed E-state index contributed by atoms with van der Waals surface area (Å²) in [6, 6.07) is 4.13. The smallest absolute Gasteiger partial charge is 0.225 e. The lowest BCUT2D eigenvalue weighted by molar-refractivity contribution is -0.144. The monoisotopic (exact) mass is 346 g/mol. The number of carbonyl (C=O) groups is 1. The molecule has 3 rings (SSSR count). The lowest BCUT2D eigenvalue weighted by Gasteiger charge is -2.37. The summed E-state index contributed by atoms with van der Waals surface area (Å²) in [5.74, 6) is 0.458. The SMILES string of the molecule is Cc1cc(N(C)C)cc([C@H]2CN(C(=O)C3CCN(C)CC3)CCO2)n1. The van der Waals surface area contributed by atoms with Crippen molar-refractivity contribution < 1.29 is 9.53 Å². The van der Waals surface area contributed by atoms with Crippen molar-refractivity contribution >= 4 is 11.6 Å². The van der Waals surface area contributed by atoms with E-state index >= 15 is 0 Å². The predicted octanol–water partition coefficient (Wildman–Crippen LogP) is 1.70. The van der Waals surface area contributed by atoms with E-state index in [1.54, 1.807) is 0 Å². The second-order valence-electron chi connectivity index (χ2n) is 7.51. The Hall–Kier alpha value is -1.66. The molecule has 6 heteroatoms. The average Bonchev–Trinajstić information content (AvgIpc) is 2.61. The zero-order valence-electron chi connectivity index (χ0n) is 15.9. The Morgan fingerprint density at radius 1 is 1.24 bits per heavy atom. The summed E-state index contributed by atoms with van der Waals surface area (Å²) in [4.78, 5) is 23.9. The minimum Gasteiger partial charge on any atom is -0.378 e. The van der Waals surface area contributed by atoms with E-state index in [4.69, 9.17) is 4.74 Å². The third-order valence-corrected chi connectivity index (χ3v) is 5.25. The molecule has 1 atom stereocenters. The molecule has 1 aromatic heterocycles. The van der Waals surface area contributed by atoms with Gasteiger partial charge in [-0.15, -0.1) is 0 Å². The highest BCUT2D eigenvalue weighted by Gasteiger charge is 2.32. The minimum absolute atomic E-state index is 0.137. The van der Waals surface area contributed by atoms with Gasteiger partial charge in [0.2, 0.25) is 5.91 Å². The summed E-state index contributed by atoms with van der Waals surface area (Å²) in [5, 5.41) is 0. The molecule has 0 bridgehead atoms. The van der Waals surface area contributed by atoms with E-state index in [0.717, 1.165) is 43.0 Å². The number of aryl methyl sites for hydroxylation is 1. The highest BCUT2D eigenvalue weighted by atomic mass is 16.5. The first-order valence-electron chi connectivity index (χ1n) is 9.19. The number of amides is 1. The first kappa shape index (κ1) is 18.1. The van der Waals surface area contributed by atoms with Crippen LogP contribution in [0.2, 0.25) is 0 Å². The standard InChI is InChI=1S/C19H30N4O2/c1-14-11-16(21(2)3)12-17(20-14)18-13-23(9-10-25-18)19(24)15-5-7-22(4)8-6-15/h11-12,15,18H,5-10,13H2,1-4H3/t18-/m1/s1. The molecule has 2 aliphatic heterocycles. The number of pyridine rings is 1. The summed E-state index contributed by atoms with van der Waals surface area (Å²) in [6.45, 7) is 5.89. The van der Waals surface area contributed by atoms with Gasteiger partial charge in [0.1, 0.15) is 6.10 Å². The van der Waals surface area contributed by atoms with E-state index in [-0.39, 0.29) is 12.0 Å². The number of aromatic nitrogens is 1. The molecule has 0 aliphatic carbocycles. The van der Waals surface area contributed by atoms with Crippen LogP contribution in [-0.2, 0) is 9.53 Å². The number of likely N-dealkylation sites (tertiary alicyclic amines) is 1. The van der Waals surface area contributed by atoms with Gasteiger partial charge in [-0.2, -0.15) is 0 Å². The second kappa shape index (κ2) is 7.70. The summed E-state index contributed by atoms with van der Waals surface area (Å²) in [5.41, 5.74) is 3.01. The number of nitrogens with zero attached hydrogens (tertiary/aromatic N) is 4. The first-order valence-corrected chi connectivity index (χ1v) is 9.19. The van der Waals surface area contributed by atoms with Gasteiger partial charge in [-0.25, -0.2) is 0 Å². The lowest BCUT2D eigenvalue weighted by Crippen LogP contribution is -2.47. The van der Waals surface area contributed by atoms with Crippen LogP contribution in [0.4, 0.5) is 5.69 Å². The largest absolute Gasteiger partial charge is 0.378 e. The molecule has 2 aliphatic rings. The topological polar surface area (TPSA) is 48.9 Å². The van der Waals surface area contributed by atoms with Crippen molar-refractivity contribution in [1.29, 1.82) is 0 Å². The second-order valence-corrected chi connectivity index (χ2v) is 7.51. The van der Waals surface area contributed by atoms with Crippen LogP contribution < -0.4 is 4.90 Å². The number of rotatable bonds is 3. The molecule has 2 saturated heterocycles. The molecule has 1 amide bonds. The number of hydrogen-bond acceptors (Lipinski definition) is 5. The van der Waals surface area contributed by atoms with Crippen molar-refractivity contribution in [2.45, 2.75) is 25.9 Å². The Balaban J connectivity index is 1.70. The van der Waals surface area contributed by atoms with Crippen LogP contribution in [0.3, 0.4) is 0 Å². The van der Waals surface area contributed by atoms with Gasteiger partial charge in [0.05, 0.1) is 18.8 Å². The third-order valence-electron chi connectivity index (χ3n) is 5.25. The highest BCUT2D eigenvalue weighted by molar-refractivity contribution is 5.79. The maximum absolute atomic E-state index is 12.9. The van der Waals surface area contributed by atoms with E-state index < -0.39 is 0 Å². The summed E-state index contributed by atoms with van der Waals surface area (Å²) in [7, 11) is 6.17. The highest BCUT2D eigenvalue weighted by Crippen LogP contribution is 2.27. The number of anilines is 1. The predicted molar refractivity (Wildman–Crippen MR) is 98.8 cm³/mol. The van der Waals surface area contributed by atoms with Crippen LogP contribution in [0.1, 0.15) is 30.3 Å². The fourth-order valence-electron chi connectivity index (χ4n) is 3.64. The molecule has 25 heavy (non-hydrogen) atoms. The maximum Gasteiger partial charge on any atom is 0.225 e. The zero-order chi connectivity index (χ0) is 18.0. The molecule has 0 N–H and O–H groups in total. The van der Waals surface area contributed by atoms with E-state index in [2.05, 4.69) is 34.0 Å². The van der Waals surface area contributed by atoms with E-state index in [1.807, 2.05) is 25.9 Å². The van der Waals surface area contributed by atoms with Gasteiger partial charge < -0.3 is 19.4 Å². The van der Waals surface area contributed by atoms with Crippen molar-refractivity contribution in [3.05, 3.63) is 23.5 Å². The Bertz CT molecular complexity index is 611. The van der Waals surface area contributed by atoms with Gasteiger partial charge in [0.15, 0.2) is 0 Å². The summed E-state index contributed by atoms with van der Waals surface area (Å²) >= 11 is 0. The fraction of sp³-hybridized carbons (Fsp3) is 0.684. The Labute approximate surface area is 150 Å². The van der Waals surface area contributed by atoms with Gasteiger partial charge in [-0.3, -0.25) is 9.78 Å². The van der Waals surface area contributed by atoms with E-state index in [0.29, 0.717) is 25.6 Å². The number of piperidine rings is 1. The molecule has 0 unspecified atom stereocenters. The number of ether oxygens (including phenoxy) is 1. The van der Waals surface area contributed by atoms with Crippen LogP contribution in [0.25, 0.3) is 0 Å². The molecular weight excluding hydrogens is 316 g/mol. The molecular formula is C19H30N4O2. The molecule has 0 aromatic carbocycles. The Kier molecular flexibility index (Phi) is 5.59. The van der Waals surface area contributed by atoms with Crippen LogP contribution in [0.5, 0.6) is 0 Å². The number of morpholine rings is 1. The van der Waals surface area contributed by atoms with Gasteiger partial charge in [0, 0.05) is 37.9 Å². The lowest BCUT2D eigenvalue weighted by atomic mass is 9.95. The van der Waals surface area contributed by atoms with E-state index in [1.165, 1.54) is 0 Å². The molecule has 2 fully saturated rings. The molecule has 3 heterocycles. The summed E-state index contributed by atoms with van der Waals surface area (Å²) < 4.78 is 5.96. The van der Waals surface area contributed by atoms with Gasteiger partial charge >= 0.3 is 0 Å². The molecule has 6 nitrogen and oxygen atoms in total. The fourth-order valence-corrected chi connectivity index (χ4v) is 3.64. The van der Waals surface area contributed by atoms with Gasteiger partial charge in [0.25, 0.3) is 0 Å². The Morgan fingerprint density at radius 2 is 1.96 bits per heavy atom. The van der Waals surface area contributed by atoms with Gasteiger partial charge in [-0.1, -0.05) is 0 Å². The van der Waals surface area contributed by atoms with Crippen LogP contribution in [0.15, 0.2) is 12.1 Å².